The van der Waals surface area contributed by atoms with Crippen LogP contribution in [0.2, 0.25) is 0 Å². The lowest BCUT2D eigenvalue weighted by atomic mass is 10.1. The summed E-state index contributed by atoms with van der Waals surface area (Å²) in [4.78, 5) is 6.72. The van der Waals surface area contributed by atoms with Gasteiger partial charge in [-0.2, -0.15) is 0 Å². The maximum Gasteiger partial charge on any atom is 0.136 e. The molecule has 0 fully saturated rings. The molecule has 0 saturated heterocycles. The second-order valence-corrected chi connectivity index (χ2v) is 5.41. The average Bonchev–Trinajstić information content (AvgIpc) is 2.43. The quantitative estimate of drug-likeness (QED) is 0.894. The number of hydrogen-bond donors (Lipinski definition) is 1. The van der Waals surface area contributed by atoms with Gasteiger partial charge in [0.25, 0.3) is 0 Å². The van der Waals surface area contributed by atoms with E-state index in [9.17, 15) is 5.11 Å². The van der Waals surface area contributed by atoms with Gasteiger partial charge in [0.15, 0.2) is 0 Å². The van der Waals surface area contributed by atoms with E-state index < -0.39 is 0 Å². The number of rotatable bonds is 5. The molecule has 0 atom stereocenters. The summed E-state index contributed by atoms with van der Waals surface area (Å²) in [6.07, 6.45) is 2.93. The Morgan fingerprint density at radius 3 is 2.53 bits per heavy atom. The van der Waals surface area contributed by atoms with Crippen LogP contribution in [0.5, 0.6) is 0 Å². The molecule has 2 aromatic rings. The summed E-state index contributed by atoms with van der Waals surface area (Å²) in [5.41, 5.74) is 0.886. The Bertz CT molecular complexity index is 551. The molecule has 1 aromatic heterocycles. The van der Waals surface area contributed by atoms with Crippen molar-refractivity contribution in [1.29, 1.82) is 0 Å². The number of fused-ring (bicyclic) bond motifs is 1. The minimum Gasteiger partial charge on any atom is -0.392 e. The third-order valence-electron chi connectivity index (χ3n) is 3.43. The van der Waals surface area contributed by atoms with Gasteiger partial charge in [-0.05, 0) is 17.7 Å². The fraction of sp³-hybridized carbons (Fsp3) is 0.438. The lowest BCUT2D eigenvalue weighted by molar-refractivity contribution is 0.283. The van der Waals surface area contributed by atoms with E-state index in [1.54, 1.807) is 6.20 Å². The van der Waals surface area contributed by atoms with Crippen LogP contribution in [-0.2, 0) is 6.61 Å². The molecule has 0 aliphatic carbocycles. The summed E-state index contributed by atoms with van der Waals surface area (Å²) < 4.78 is 0. The van der Waals surface area contributed by atoms with Crippen LogP contribution >= 0.6 is 0 Å². The number of benzene rings is 1. The van der Waals surface area contributed by atoms with E-state index in [1.807, 2.05) is 18.2 Å². The fourth-order valence-corrected chi connectivity index (χ4v) is 2.22. The highest BCUT2D eigenvalue weighted by Gasteiger charge is 2.10. The van der Waals surface area contributed by atoms with Crippen LogP contribution in [0, 0.1) is 5.92 Å². The number of aromatic nitrogens is 1. The first-order valence-corrected chi connectivity index (χ1v) is 6.82. The van der Waals surface area contributed by atoms with Crippen LogP contribution in [0.15, 0.2) is 30.5 Å². The molecule has 1 heterocycles. The molecule has 0 amide bonds. The van der Waals surface area contributed by atoms with Crippen molar-refractivity contribution >= 4 is 16.6 Å². The van der Waals surface area contributed by atoms with Crippen molar-refractivity contribution in [1.82, 2.24) is 4.98 Å². The Balaban J connectivity index is 2.38. The van der Waals surface area contributed by atoms with Gasteiger partial charge in [0.05, 0.1) is 6.61 Å². The highest BCUT2D eigenvalue weighted by Crippen LogP contribution is 2.26. The maximum atomic E-state index is 9.39. The van der Waals surface area contributed by atoms with Crippen LogP contribution in [0.1, 0.15) is 25.8 Å². The number of anilines is 1. The van der Waals surface area contributed by atoms with Crippen molar-refractivity contribution in [2.45, 2.75) is 26.9 Å². The zero-order valence-corrected chi connectivity index (χ0v) is 11.9. The molecular weight excluding hydrogens is 236 g/mol. The third-order valence-corrected chi connectivity index (χ3v) is 3.43. The van der Waals surface area contributed by atoms with Gasteiger partial charge in [0.2, 0.25) is 0 Å². The molecule has 3 heteroatoms. The molecule has 0 aliphatic heterocycles. The van der Waals surface area contributed by atoms with Gasteiger partial charge in [-0.15, -0.1) is 0 Å². The molecule has 1 N–H and O–H groups in total. The molecule has 0 spiro atoms. The number of aliphatic hydroxyl groups excluding tert-OH is 1. The third kappa shape index (κ3) is 3.04. The Kier molecular flexibility index (Phi) is 4.38. The first-order valence-electron chi connectivity index (χ1n) is 6.82. The number of hydrogen-bond acceptors (Lipinski definition) is 3. The number of nitrogens with zero attached hydrogens (tertiary/aromatic N) is 2. The first-order chi connectivity index (χ1) is 9.13. The van der Waals surface area contributed by atoms with E-state index in [2.05, 4.69) is 36.8 Å². The second-order valence-electron chi connectivity index (χ2n) is 5.41. The standard InChI is InChI=1S/C16H22N2O/c1-12(2)8-9-18(3)16-15-7-5-4-6-14(15)13(11-19)10-17-16/h4-7,10,12,19H,8-9,11H2,1-3H3. The van der Waals surface area contributed by atoms with Crippen molar-refractivity contribution in [3.8, 4) is 0 Å². The molecule has 102 valence electrons. The topological polar surface area (TPSA) is 36.4 Å². The van der Waals surface area contributed by atoms with Crippen molar-refractivity contribution < 1.29 is 5.11 Å². The lowest BCUT2D eigenvalue weighted by Crippen LogP contribution is -2.21. The monoisotopic (exact) mass is 258 g/mol. The van der Waals surface area contributed by atoms with Gasteiger partial charge < -0.3 is 10.0 Å². The lowest BCUT2D eigenvalue weighted by Gasteiger charge is -2.21. The van der Waals surface area contributed by atoms with Gasteiger partial charge >= 0.3 is 0 Å². The maximum absolute atomic E-state index is 9.39. The molecular formula is C16H22N2O. The van der Waals surface area contributed by atoms with Crippen LogP contribution in [0.25, 0.3) is 10.8 Å². The van der Waals surface area contributed by atoms with Crippen LogP contribution in [0.4, 0.5) is 5.82 Å². The first kappa shape index (κ1) is 13.8. The molecule has 0 bridgehead atoms. The fourth-order valence-electron chi connectivity index (χ4n) is 2.22. The van der Waals surface area contributed by atoms with Crippen LogP contribution in [0.3, 0.4) is 0 Å². The largest absolute Gasteiger partial charge is 0.392 e. The van der Waals surface area contributed by atoms with E-state index in [1.165, 1.54) is 0 Å². The van der Waals surface area contributed by atoms with E-state index in [0.717, 1.165) is 35.1 Å². The van der Waals surface area contributed by atoms with Gasteiger partial charge in [-0.25, -0.2) is 4.98 Å². The average molecular weight is 258 g/mol. The van der Waals surface area contributed by atoms with E-state index >= 15 is 0 Å². The molecule has 2 rings (SSSR count). The molecule has 0 unspecified atom stereocenters. The van der Waals surface area contributed by atoms with Gasteiger partial charge in [-0.1, -0.05) is 38.1 Å². The summed E-state index contributed by atoms with van der Waals surface area (Å²) >= 11 is 0. The highest BCUT2D eigenvalue weighted by atomic mass is 16.3. The van der Waals surface area contributed by atoms with Crippen molar-refractivity contribution in [3.05, 3.63) is 36.0 Å². The molecule has 19 heavy (non-hydrogen) atoms. The van der Waals surface area contributed by atoms with Crippen molar-refractivity contribution in [2.75, 3.05) is 18.5 Å². The summed E-state index contributed by atoms with van der Waals surface area (Å²) in [5.74, 6) is 1.68. The normalized spacial score (nSPS) is 11.2. The predicted molar refractivity (Wildman–Crippen MR) is 80.4 cm³/mol. The van der Waals surface area contributed by atoms with Gasteiger partial charge in [-0.3, -0.25) is 0 Å². The summed E-state index contributed by atoms with van der Waals surface area (Å²) in [5, 5.41) is 11.6. The summed E-state index contributed by atoms with van der Waals surface area (Å²) in [6.45, 7) is 5.49. The summed E-state index contributed by atoms with van der Waals surface area (Å²) in [6, 6.07) is 8.13. The van der Waals surface area contributed by atoms with Gasteiger partial charge in [0.1, 0.15) is 5.82 Å². The molecule has 1 aromatic carbocycles. The molecule has 3 nitrogen and oxygen atoms in total. The molecule has 0 saturated carbocycles. The Hall–Kier alpha value is -1.61. The zero-order valence-electron chi connectivity index (χ0n) is 11.9. The van der Waals surface area contributed by atoms with E-state index in [0.29, 0.717) is 5.92 Å². The molecule has 0 radical (unpaired) electrons. The van der Waals surface area contributed by atoms with E-state index in [4.69, 9.17) is 0 Å². The molecule has 0 aliphatic rings. The number of pyridine rings is 1. The zero-order chi connectivity index (χ0) is 13.8. The van der Waals surface area contributed by atoms with Gasteiger partial charge in [0, 0.05) is 30.7 Å². The van der Waals surface area contributed by atoms with E-state index in [-0.39, 0.29) is 6.61 Å². The Labute approximate surface area is 114 Å². The predicted octanol–water partition coefficient (Wildman–Crippen LogP) is 3.21. The SMILES string of the molecule is CC(C)CCN(C)c1ncc(CO)c2ccccc12. The Morgan fingerprint density at radius 1 is 1.21 bits per heavy atom. The summed E-state index contributed by atoms with van der Waals surface area (Å²) in [7, 11) is 2.08. The second kappa shape index (κ2) is 6.02. The van der Waals surface area contributed by atoms with Crippen molar-refractivity contribution in [3.63, 3.8) is 0 Å². The Morgan fingerprint density at radius 2 is 1.89 bits per heavy atom. The van der Waals surface area contributed by atoms with Crippen LogP contribution < -0.4 is 4.90 Å². The number of aliphatic hydroxyl groups is 1. The van der Waals surface area contributed by atoms with Crippen molar-refractivity contribution in [2.24, 2.45) is 5.92 Å². The smallest absolute Gasteiger partial charge is 0.136 e. The minimum absolute atomic E-state index is 0.0313. The minimum atomic E-state index is 0.0313. The van der Waals surface area contributed by atoms with Crippen LogP contribution in [-0.4, -0.2) is 23.7 Å². The highest BCUT2D eigenvalue weighted by molar-refractivity contribution is 5.94.